The SMILES string of the molecule is COC(C)(C)CCOc1ccccc1N1CCO[C@H]([C@@H](O)C(=O)Nc2ccc3c(c2)CNC3=N)C1=O.Cl. The number of ether oxygens (including phenoxy) is 3. The molecule has 0 aromatic heterocycles. The molecule has 2 aliphatic heterocycles. The number of halogens is 1. The van der Waals surface area contributed by atoms with Gasteiger partial charge in [0, 0.05) is 37.9 Å². The molecule has 1 saturated heterocycles. The first-order valence-electron chi connectivity index (χ1n) is 11.8. The maximum absolute atomic E-state index is 13.3. The van der Waals surface area contributed by atoms with Crippen LogP contribution >= 0.6 is 12.4 Å². The first-order valence-corrected chi connectivity index (χ1v) is 11.8. The van der Waals surface area contributed by atoms with Gasteiger partial charge in [-0.3, -0.25) is 15.0 Å². The monoisotopic (exact) mass is 532 g/mol. The van der Waals surface area contributed by atoms with Gasteiger partial charge < -0.3 is 34.9 Å². The average molecular weight is 533 g/mol. The van der Waals surface area contributed by atoms with Crippen LogP contribution in [0.1, 0.15) is 31.4 Å². The number of hydrogen-bond donors (Lipinski definition) is 4. The highest BCUT2D eigenvalue weighted by Gasteiger charge is 2.40. The number of anilines is 2. The molecule has 2 heterocycles. The molecule has 11 heteroatoms. The number of fused-ring (bicyclic) bond motifs is 1. The second-order valence-electron chi connectivity index (χ2n) is 9.35. The Kier molecular flexibility index (Phi) is 9.14. The number of amidine groups is 1. The van der Waals surface area contributed by atoms with Crippen molar-refractivity contribution in [1.29, 1.82) is 5.41 Å². The van der Waals surface area contributed by atoms with E-state index in [1.807, 2.05) is 19.9 Å². The van der Waals surface area contributed by atoms with Crippen LogP contribution in [0.5, 0.6) is 5.75 Å². The molecule has 4 N–H and O–H groups in total. The summed E-state index contributed by atoms with van der Waals surface area (Å²) >= 11 is 0. The van der Waals surface area contributed by atoms with Crippen LogP contribution in [0, 0.1) is 5.41 Å². The van der Waals surface area contributed by atoms with Crippen LogP contribution in [-0.2, 0) is 25.6 Å². The number of aliphatic hydroxyl groups excluding tert-OH is 1. The van der Waals surface area contributed by atoms with Crippen LogP contribution in [0.15, 0.2) is 42.5 Å². The van der Waals surface area contributed by atoms with Crippen LogP contribution < -0.4 is 20.3 Å². The molecule has 2 aromatic carbocycles. The fraction of sp³-hybridized carbons (Fsp3) is 0.423. The van der Waals surface area contributed by atoms with Gasteiger partial charge in [-0.2, -0.15) is 0 Å². The molecule has 0 bridgehead atoms. The number of morpholine rings is 1. The summed E-state index contributed by atoms with van der Waals surface area (Å²) < 4.78 is 16.9. The van der Waals surface area contributed by atoms with E-state index in [4.69, 9.17) is 19.6 Å². The van der Waals surface area contributed by atoms with Gasteiger partial charge in [0.15, 0.2) is 12.2 Å². The zero-order chi connectivity index (χ0) is 25.9. The Balaban J connectivity index is 0.00000380. The highest BCUT2D eigenvalue weighted by atomic mass is 35.5. The van der Waals surface area contributed by atoms with Crippen molar-refractivity contribution in [1.82, 2.24) is 5.32 Å². The van der Waals surface area contributed by atoms with Gasteiger partial charge >= 0.3 is 0 Å². The number of methoxy groups -OCH3 is 1. The molecule has 0 aliphatic carbocycles. The standard InChI is InChI=1S/C26H32N4O6.ClH/c1-26(2,34-3)10-12-35-20-7-5-4-6-19(20)30-11-13-36-22(25(30)33)21(31)24(32)29-17-8-9-18-16(14-17)15-28-23(18)27;/h4-9,14,21-22,31H,10-13,15H2,1-3H3,(H2,27,28)(H,29,32);1H/t21-,22-;/m1./s1. The van der Waals surface area contributed by atoms with Crippen molar-refractivity contribution in [2.24, 2.45) is 0 Å². The lowest BCUT2D eigenvalue weighted by Crippen LogP contribution is -2.55. The lowest BCUT2D eigenvalue weighted by atomic mass is 10.1. The van der Waals surface area contributed by atoms with Crippen LogP contribution in [0.25, 0.3) is 0 Å². The maximum atomic E-state index is 13.3. The number of hydrogen-bond acceptors (Lipinski definition) is 7. The molecule has 2 aromatic rings. The molecule has 0 unspecified atom stereocenters. The van der Waals surface area contributed by atoms with Crippen molar-refractivity contribution in [2.45, 2.75) is 44.6 Å². The van der Waals surface area contributed by atoms with E-state index in [2.05, 4.69) is 10.6 Å². The van der Waals surface area contributed by atoms with E-state index >= 15 is 0 Å². The summed E-state index contributed by atoms with van der Waals surface area (Å²) in [7, 11) is 1.65. The van der Waals surface area contributed by atoms with Crippen LogP contribution in [-0.4, -0.2) is 67.4 Å². The molecule has 2 amide bonds. The first-order chi connectivity index (χ1) is 17.2. The minimum Gasteiger partial charge on any atom is -0.491 e. The predicted octanol–water partition coefficient (Wildman–Crippen LogP) is 2.46. The Morgan fingerprint density at radius 3 is 2.84 bits per heavy atom. The minimum absolute atomic E-state index is 0. The minimum atomic E-state index is -1.71. The smallest absolute Gasteiger partial charge is 0.259 e. The van der Waals surface area contributed by atoms with Crippen molar-refractivity contribution >= 4 is 41.4 Å². The number of benzene rings is 2. The molecule has 0 saturated carbocycles. The molecule has 1 fully saturated rings. The number of para-hydroxylation sites is 2. The fourth-order valence-electron chi connectivity index (χ4n) is 4.08. The second kappa shape index (κ2) is 11.9. The van der Waals surface area contributed by atoms with Gasteiger partial charge in [-0.15, -0.1) is 12.4 Å². The number of carbonyl (C=O) groups is 2. The molecule has 4 rings (SSSR count). The highest BCUT2D eigenvalue weighted by molar-refractivity contribution is 6.05. The van der Waals surface area contributed by atoms with Crippen molar-refractivity contribution in [3.05, 3.63) is 53.6 Å². The number of nitrogens with zero attached hydrogens (tertiary/aromatic N) is 1. The molecule has 2 aliphatic rings. The molecule has 200 valence electrons. The third-order valence-corrected chi connectivity index (χ3v) is 6.45. The van der Waals surface area contributed by atoms with Gasteiger partial charge in [-0.1, -0.05) is 12.1 Å². The summed E-state index contributed by atoms with van der Waals surface area (Å²) in [6, 6.07) is 12.3. The second-order valence-corrected chi connectivity index (χ2v) is 9.35. The van der Waals surface area contributed by atoms with Crippen LogP contribution in [0.4, 0.5) is 11.4 Å². The van der Waals surface area contributed by atoms with Gasteiger partial charge in [0.25, 0.3) is 11.8 Å². The van der Waals surface area contributed by atoms with E-state index in [0.717, 1.165) is 11.1 Å². The topological polar surface area (TPSA) is 133 Å². The van der Waals surface area contributed by atoms with Gasteiger partial charge in [-0.25, -0.2) is 0 Å². The van der Waals surface area contributed by atoms with Crippen molar-refractivity contribution in [2.75, 3.05) is 37.1 Å². The maximum Gasteiger partial charge on any atom is 0.259 e. The third-order valence-electron chi connectivity index (χ3n) is 6.45. The summed E-state index contributed by atoms with van der Waals surface area (Å²) in [4.78, 5) is 27.6. The Hall–Kier alpha value is -3.18. The number of rotatable bonds is 9. The summed E-state index contributed by atoms with van der Waals surface area (Å²) in [6.45, 7) is 5.23. The zero-order valence-corrected chi connectivity index (χ0v) is 21.9. The molecule has 10 nitrogen and oxygen atoms in total. The van der Waals surface area contributed by atoms with Gasteiger partial charge in [0.2, 0.25) is 0 Å². The third kappa shape index (κ3) is 6.40. The predicted molar refractivity (Wildman–Crippen MR) is 142 cm³/mol. The molecule has 37 heavy (non-hydrogen) atoms. The lowest BCUT2D eigenvalue weighted by Gasteiger charge is -2.35. The summed E-state index contributed by atoms with van der Waals surface area (Å²) in [5.74, 6) is -0.420. The number of aliphatic hydroxyl groups is 1. The molecule has 0 spiro atoms. The molecular weight excluding hydrogens is 500 g/mol. The van der Waals surface area contributed by atoms with E-state index in [1.165, 1.54) is 4.90 Å². The quantitative estimate of drug-likeness (QED) is 0.390. The highest BCUT2D eigenvalue weighted by Crippen LogP contribution is 2.31. The van der Waals surface area contributed by atoms with Crippen molar-refractivity contribution < 1.29 is 28.9 Å². The average Bonchev–Trinajstić information content (AvgIpc) is 3.24. The van der Waals surface area contributed by atoms with E-state index < -0.39 is 24.0 Å². The van der Waals surface area contributed by atoms with E-state index in [9.17, 15) is 14.7 Å². The molecular formula is C26H33ClN4O6. The van der Waals surface area contributed by atoms with E-state index in [0.29, 0.717) is 42.5 Å². The summed E-state index contributed by atoms with van der Waals surface area (Å²) in [6.07, 6.45) is -2.42. The van der Waals surface area contributed by atoms with Gasteiger partial charge in [0.1, 0.15) is 11.6 Å². The fourth-order valence-corrected chi connectivity index (χ4v) is 4.08. The lowest BCUT2D eigenvalue weighted by molar-refractivity contribution is -0.150. The van der Waals surface area contributed by atoms with E-state index in [-0.39, 0.29) is 31.2 Å². The van der Waals surface area contributed by atoms with Crippen LogP contribution in [0.2, 0.25) is 0 Å². The van der Waals surface area contributed by atoms with Crippen molar-refractivity contribution in [3.8, 4) is 5.75 Å². The van der Waals surface area contributed by atoms with Gasteiger partial charge in [0.05, 0.1) is 24.5 Å². The van der Waals surface area contributed by atoms with E-state index in [1.54, 1.807) is 43.5 Å². The number of amides is 2. The Bertz CT molecular complexity index is 1160. The summed E-state index contributed by atoms with van der Waals surface area (Å²) in [5, 5.41) is 24.1. The molecule has 0 radical (unpaired) electrons. The van der Waals surface area contributed by atoms with Crippen molar-refractivity contribution in [3.63, 3.8) is 0 Å². The Morgan fingerprint density at radius 2 is 2.08 bits per heavy atom. The zero-order valence-electron chi connectivity index (χ0n) is 21.1. The first kappa shape index (κ1) is 28.4. The Morgan fingerprint density at radius 1 is 1.32 bits per heavy atom. The summed E-state index contributed by atoms with van der Waals surface area (Å²) in [5.41, 5.74) is 2.30. The number of nitrogens with one attached hydrogen (secondary N) is 3. The number of carbonyl (C=O) groups excluding carboxylic acids is 2. The van der Waals surface area contributed by atoms with Crippen LogP contribution in [0.3, 0.4) is 0 Å². The van der Waals surface area contributed by atoms with Gasteiger partial charge in [-0.05, 0) is 49.7 Å². The normalized spacial score (nSPS) is 17.9. The largest absolute Gasteiger partial charge is 0.491 e. The molecule has 2 atom stereocenters. The Labute approximate surface area is 222 Å².